The second-order valence-corrected chi connectivity index (χ2v) is 10.3. The quantitative estimate of drug-likeness (QED) is 0.306. The fourth-order valence-electron chi connectivity index (χ4n) is 4.78. The molecule has 4 aromatic rings. The summed E-state index contributed by atoms with van der Waals surface area (Å²) in [6, 6.07) is 15.3. The van der Waals surface area contributed by atoms with Crippen molar-refractivity contribution in [1.29, 1.82) is 0 Å². The van der Waals surface area contributed by atoms with Crippen LogP contribution in [0.15, 0.2) is 80.1 Å². The summed E-state index contributed by atoms with van der Waals surface area (Å²) in [5.74, 6) is 0.791. The number of aromatic nitrogens is 1. The average molecular weight is 573 g/mol. The van der Waals surface area contributed by atoms with E-state index in [1.54, 1.807) is 63.4 Å². The predicted octanol–water partition coefficient (Wildman–Crippen LogP) is 4.16. The Kier molecular flexibility index (Phi) is 7.76. The van der Waals surface area contributed by atoms with E-state index < -0.39 is 18.0 Å². The lowest BCUT2D eigenvalue weighted by atomic mass is 9.96. The van der Waals surface area contributed by atoms with E-state index in [-0.39, 0.29) is 12.2 Å². The summed E-state index contributed by atoms with van der Waals surface area (Å²) in [5, 5.41) is 0. The number of thiazole rings is 1. The third kappa shape index (κ3) is 5.26. The highest BCUT2D eigenvalue weighted by Gasteiger charge is 2.33. The van der Waals surface area contributed by atoms with Gasteiger partial charge in [0.15, 0.2) is 4.80 Å². The number of nitrogens with zero attached hydrogens (tertiary/aromatic N) is 2. The maximum atomic E-state index is 13.8. The number of rotatable bonds is 7. The lowest BCUT2D eigenvalue weighted by Gasteiger charge is -2.24. The zero-order valence-corrected chi connectivity index (χ0v) is 24.0. The molecule has 41 heavy (non-hydrogen) atoms. The van der Waals surface area contributed by atoms with Crippen LogP contribution in [0.5, 0.6) is 5.75 Å². The van der Waals surface area contributed by atoms with Gasteiger partial charge in [-0.3, -0.25) is 9.36 Å². The third-order valence-corrected chi connectivity index (χ3v) is 7.74. The van der Waals surface area contributed by atoms with Crippen molar-refractivity contribution in [2.75, 3.05) is 20.8 Å². The summed E-state index contributed by atoms with van der Waals surface area (Å²) in [7, 11) is 2.91. The van der Waals surface area contributed by atoms with Crippen LogP contribution in [0.25, 0.3) is 17.4 Å². The van der Waals surface area contributed by atoms with Crippen LogP contribution in [0, 0.1) is 6.92 Å². The number of benzene rings is 2. The Morgan fingerprint density at radius 3 is 2.46 bits per heavy atom. The number of methoxy groups -OCH3 is 2. The van der Waals surface area contributed by atoms with Gasteiger partial charge < -0.3 is 18.6 Å². The normalized spacial score (nSPS) is 14.9. The Hall–Kier alpha value is -4.70. The number of carbonyl (C=O) groups is 2. The van der Waals surface area contributed by atoms with E-state index >= 15 is 0 Å². The Morgan fingerprint density at radius 2 is 1.80 bits per heavy atom. The number of esters is 2. The van der Waals surface area contributed by atoms with Gasteiger partial charge in [0.1, 0.15) is 17.3 Å². The summed E-state index contributed by atoms with van der Waals surface area (Å²) < 4.78 is 23.4. The minimum atomic E-state index is -0.721. The van der Waals surface area contributed by atoms with Crippen LogP contribution in [-0.4, -0.2) is 37.3 Å². The minimum absolute atomic E-state index is 0.196. The largest absolute Gasteiger partial charge is 0.497 e. The topological polar surface area (TPSA) is 109 Å². The molecule has 1 aliphatic rings. The Morgan fingerprint density at radius 1 is 1.05 bits per heavy atom. The van der Waals surface area contributed by atoms with Crippen LogP contribution in [0.4, 0.5) is 0 Å². The van der Waals surface area contributed by atoms with E-state index in [0.717, 1.165) is 16.7 Å². The van der Waals surface area contributed by atoms with Crippen molar-refractivity contribution in [2.24, 2.45) is 4.99 Å². The molecule has 0 bridgehead atoms. The minimum Gasteiger partial charge on any atom is -0.497 e. The Balaban J connectivity index is 1.58. The van der Waals surface area contributed by atoms with Crippen LogP contribution in [0.1, 0.15) is 47.1 Å². The molecule has 5 rings (SSSR count). The third-order valence-electron chi connectivity index (χ3n) is 6.76. The molecule has 0 fully saturated rings. The molecule has 210 valence electrons. The Bertz CT molecular complexity index is 1860. The first-order valence-corrected chi connectivity index (χ1v) is 13.7. The predicted molar refractivity (Wildman–Crippen MR) is 154 cm³/mol. The van der Waals surface area contributed by atoms with E-state index in [1.165, 1.54) is 23.0 Å². The van der Waals surface area contributed by atoms with Gasteiger partial charge in [-0.15, -0.1) is 0 Å². The van der Waals surface area contributed by atoms with Gasteiger partial charge in [0.2, 0.25) is 0 Å². The van der Waals surface area contributed by atoms with Gasteiger partial charge in [0, 0.05) is 11.6 Å². The van der Waals surface area contributed by atoms with Crippen molar-refractivity contribution in [1.82, 2.24) is 4.57 Å². The highest BCUT2D eigenvalue weighted by Crippen LogP contribution is 2.32. The maximum absolute atomic E-state index is 13.8. The van der Waals surface area contributed by atoms with Crippen LogP contribution < -0.4 is 19.6 Å². The first-order valence-electron chi connectivity index (χ1n) is 12.9. The lowest BCUT2D eigenvalue weighted by molar-refractivity contribution is -0.139. The van der Waals surface area contributed by atoms with Crippen LogP contribution in [-0.2, 0) is 14.3 Å². The lowest BCUT2D eigenvalue weighted by Crippen LogP contribution is -2.39. The number of hydrogen-bond acceptors (Lipinski definition) is 9. The maximum Gasteiger partial charge on any atom is 0.338 e. The van der Waals surface area contributed by atoms with E-state index in [4.69, 9.17) is 18.6 Å². The number of ether oxygens (including phenoxy) is 3. The molecule has 0 saturated heterocycles. The summed E-state index contributed by atoms with van der Waals surface area (Å²) in [6.45, 7) is 5.55. The molecule has 0 spiro atoms. The van der Waals surface area contributed by atoms with Crippen molar-refractivity contribution in [3.63, 3.8) is 0 Å². The van der Waals surface area contributed by atoms with Gasteiger partial charge in [-0.2, -0.15) is 0 Å². The molecule has 0 saturated carbocycles. The second-order valence-electron chi connectivity index (χ2n) is 9.30. The molecule has 1 atom stereocenters. The molecule has 3 heterocycles. The van der Waals surface area contributed by atoms with Gasteiger partial charge in [0.25, 0.3) is 5.56 Å². The summed E-state index contributed by atoms with van der Waals surface area (Å²) in [5.41, 5.74) is 3.32. The second kappa shape index (κ2) is 11.4. The average Bonchev–Trinajstić information content (AvgIpc) is 3.55. The molecule has 2 aromatic heterocycles. The van der Waals surface area contributed by atoms with E-state index in [2.05, 4.69) is 4.99 Å². The molecule has 0 amide bonds. The molecule has 0 unspecified atom stereocenters. The van der Waals surface area contributed by atoms with Crippen LogP contribution in [0.3, 0.4) is 0 Å². The van der Waals surface area contributed by atoms with Gasteiger partial charge in [0.05, 0.1) is 48.2 Å². The molecule has 0 aliphatic carbocycles. The first-order chi connectivity index (χ1) is 19.7. The van der Waals surface area contributed by atoms with Crippen molar-refractivity contribution < 1.29 is 28.2 Å². The molecule has 2 aromatic carbocycles. The van der Waals surface area contributed by atoms with Gasteiger partial charge in [-0.05, 0) is 68.3 Å². The fraction of sp³-hybridized carbons (Fsp3) is 0.226. The van der Waals surface area contributed by atoms with E-state index in [9.17, 15) is 14.4 Å². The summed E-state index contributed by atoms with van der Waals surface area (Å²) >= 11 is 1.22. The fourth-order valence-corrected chi connectivity index (χ4v) is 5.81. The highest BCUT2D eigenvalue weighted by atomic mass is 32.1. The molecule has 0 N–H and O–H groups in total. The van der Waals surface area contributed by atoms with Crippen molar-refractivity contribution in [3.05, 3.63) is 108 Å². The zero-order chi connectivity index (χ0) is 29.3. The van der Waals surface area contributed by atoms with Gasteiger partial charge in [-0.1, -0.05) is 29.5 Å². The molecule has 0 radical (unpaired) electrons. The summed E-state index contributed by atoms with van der Waals surface area (Å²) in [6.07, 6.45) is 1.67. The number of hydrogen-bond donors (Lipinski definition) is 0. The molecule has 9 nitrogen and oxygen atoms in total. The molecule has 10 heteroatoms. The smallest absolute Gasteiger partial charge is 0.338 e. The number of aryl methyl sites for hydroxylation is 1. The van der Waals surface area contributed by atoms with E-state index in [1.807, 2.05) is 25.1 Å². The molecular weight excluding hydrogens is 544 g/mol. The van der Waals surface area contributed by atoms with Crippen molar-refractivity contribution in [2.45, 2.75) is 26.8 Å². The van der Waals surface area contributed by atoms with Crippen LogP contribution >= 0.6 is 11.3 Å². The standard InChI is InChI=1S/C31H28N2O7S/c1-6-39-30(36)26-18(3)32-31-33(27(26)19-7-10-21(37-4)11-8-19)28(34)25(41-31)16-22-12-14-24(40-22)23-13-9-20(15-17(23)2)29(35)38-5/h7-16,27H,6H2,1-5H3/b25-16+/t27-/m0/s1. The first kappa shape index (κ1) is 27.9. The van der Waals surface area contributed by atoms with Gasteiger partial charge in [-0.25, -0.2) is 14.6 Å². The number of fused-ring (bicyclic) bond motifs is 1. The summed E-state index contributed by atoms with van der Waals surface area (Å²) in [4.78, 5) is 43.8. The Labute approximate surface area is 239 Å². The zero-order valence-electron chi connectivity index (χ0n) is 23.2. The highest BCUT2D eigenvalue weighted by molar-refractivity contribution is 7.07. The van der Waals surface area contributed by atoms with Crippen LogP contribution in [0.2, 0.25) is 0 Å². The number of allylic oxidation sites excluding steroid dienone is 1. The number of furan rings is 1. The number of carbonyl (C=O) groups excluding carboxylic acids is 2. The monoisotopic (exact) mass is 572 g/mol. The SMILES string of the molecule is CCOC(=O)C1=C(C)N=c2s/c(=C/c3ccc(-c4ccc(C(=O)OC)cc4C)o3)c(=O)n2[C@H]1c1ccc(OC)cc1. The van der Waals surface area contributed by atoms with Gasteiger partial charge >= 0.3 is 11.9 Å². The van der Waals surface area contributed by atoms with Crippen molar-refractivity contribution >= 4 is 29.4 Å². The molecule has 1 aliphatic heterocycles. The molecular formula is C31H28N2O7S. The van der Waals surface area contributed by atoms with E-state index in [0.29, 0.717) is 43.4 Å². The van der Waals surface area contributed by atoms with Crippen molar-refractivity contribution in [3.8, 4) is 17.1 Å².